The third kappa shape index (κ3) is 6.83. The Labute approximate surface area is 217 Å². The van der Waals surface area contributed by atoms with Crippen molar-refractivity contribution >= 4 is 5.69 Å². The lowest BCUT2D eigenvalue weighted by molar-refractivity contribution is -0.153. The summed E-state index contributed by atoms with van der Waals surface area (Å²) in [5.41, 5.74) is 0.364. The number of nitrogens with zero attached hydrogens (tertiary/aromatic N) is 5. The number of para-hydroxylation sites is 2. The van der Waals surface area contributed by atoms with E-state index in [4.69, 9.17) is 4.74 Å². The van der Waals surface area contributed by atoms with E-state index in [1.165, 1.54) is 16.8 Å². The molecule has 200 valence electrons. The third-order valence-corrected chi connectivity index (χ3v) is 6.38. The van der Waals surface area contributed by atoms with E-state index in [0.717, 1.165) is 10.1 Å². The average Bonchev–Trinajstić information content (AvgIpc) is 2.91. The second kappa shape index (κ2) is 12.0. The number of alkyl halides is 3. The van der Waals surface area contributed by atoms with E-state index >= 15 is 0 Å². The van der Waals surface area contributed by atoms with E-state index in [1.54, 1.807) is 18.2 Å². The molecule has 0 unspecified atom stereocenters. The Bertz CT molecular complexity index is 1390. The van der Waals surface area contributed by atoms with Crippen LogP contribution in [0.3, 0.4) is 0 Å². The number of nitriles is 1. The Kier molecular flexibility index (Phi) is 8.53. The van der Waals surface area contributed by atoms with Gasteiger partial charge in [-0.05, 0) is 30.7 Å². The summed E-state index contributed by atoms with van der Waals surface area (Å²) in [5.74, 6) is 0.196. The van der Waals surface area contributed by atoms with Crippen LogP contribution in [-0.4, -0.2) is 59.5 Å². The summed E-state index contributed by atoms with van der Waals surface area (Å²) in [4.78, 5) is 29.9. The lowest BCUT2D eigenvalue weighted by atomic mass is 10.2. The molecule has 0 atom stereocenters. The van der Waals surface area contributed by atoms with Gasteiger partial charge in [-0.2, -0.15) is 18.4 Å². The van der Waals surface area contributed by atoms with Crippen molar-refractivity contribution in [1.82, 2.24) is 14.0 Å². The minimum Gasteiger partial charge on any atom is -0.482 e. The lowest BCUT2D eigenvalue weighted by Gasteiger charge is -2.36. The molecule has 2 heterocycles. The fourth-order valence-corrected chi connectivity index (χ4v) is 4.49. The molecule has 1 fully saturated rings. The monoisotopic (exact) mass is 527 g/mol. The Hall–Kier alpha value is -4.04. The summed E-state index contributed by atoms with van der Waals surface area (Å²) in [7, 11) is 0. The molecule has 11 heteroatoms. The number of ether oxygens (including phenoxy) is 1. The molecule has 0 radical (unpaired) electrons. The van der Waals surface area contributed by atoms with Gasteiger partial charge in [0.2, 0.25) is 0 Å². The van der Waals surface area contributed by atoms with Crippen LogP contribution in [0.1, 0.15) is 17.5 Å². The maximum atomic E-state index is 13.0. The van der Waals surface area contributed by atoms with Gasteiger partial charge < -0.3 is 9.64 Å². The molecule has 3 aromatic rings. The Balaban J connectivity index is 1.35. The normalized spacial score (nSPS) is 14.3. The molecular weight excluding hydrogens is 499 g/mol. The average molecular weight is 528 g/mol. The first-order valence-electron chi connectivity index (χ1n) is 12.3. The molecule has 1 aliphatic heterocycles. The molecule has 2 aromatic carbocycles. The zero-order valence-electron chi connectivity index (χ0n) is 20.7. The fraction of sp³-hybridized carbons (Fsp3) is 0.370. The summed E-state index contributed by atoms with van der Waals surface area (Å²) >= 11 is 0. The van der Waals surface area contributed by atoms with Crippen LogP contribution >= 0.6 is 0 Å². The zero-order chi connectivity index (χ0) is 27.1. The number of aromatic nitrogens is 2. The highest BCUT2D eigenvalue weighted by Gasteiger charge is 2.29. The minimum absolute atomic E-state index is 0.0828. The molecule has 0 saturated carbocycles. The number of halogens is 3. The predicted octanol–water partition coefficient (Wildman–Crippen LogP) is 3.08. The Morgan fingerprint density at radius 2 is 1.61 bits per heavy atom. The number of hydrogen-bond donors (Lipinski definition) is 0. The van der Waals surface area contributed by atoms with Crippen LogP contribution in [0, 0.1) is 11.3 Å². The maximum absolute atomic E-state index is 13.0. The van der Waals surface area contributed by atoms with Crippen LogP contribution in [-0.2, 0) is 13.1 Å². The summed E-state index contributed by atoms with van der Waals surface area (Å²) in [6, 6.07) is 17.9. The van der Waals surface area contributed by atoms with Gasteiger partial charge in [-0.1, -0.05) is 42.5 Å². The quantitative estimate of drug-likeness (QED) is 0.426. The molecule has 0 spiro atoms. The SMILES string of the molecule is N#Cc1cn(Cc2ccccc2)c(=O)n(CCCN2CCN(c3ccccc3OCC(F)(F)F)CC2)c1=O. The van der Waals surface area contributed by atoms with Crippen LogP contribution < -0.4 is 20.9 Å². The molecule has 1 aromatic heterocycles. The molecular formula is C27H28F3N5O3. The van der Waals surface area contributed by atoms with Crippen LogP contribution in [0.5, 0.6) is 5.75 Å². The standard InChI is InChI=1S/C27H28F3N5O3/c28-27(29,30)20-38-24-10-5-4-9-23(24)33-15-13-32(14-16-33)11-6-12-35-25(36)22(17-31)19-34(26(35)37)18-21-7-2-1-3-8-21/h1-5,7-10,19H,6,11-16,18,20H2. The summed E-state index contributed by atoms with van der Waals surface area (Å²) in [6.07, 6.45) is -2.57. The summed E-state index contributed by atoms with van der Waals surface area (Å²) < 4.78 is 45.4. The number of hydrogen-bond acceptors (Lipinski definition) is 6. The first-order chi connectivity index (χ1) is 18.2. The second-order valence-electron chi connectivity index (χ2n) is 9.06. The van der Waals surface area contributed by atoms with Gasteiger partial charge >= 0.3 is 11.9 Å². The van der Waals surface area contributed by atoms with E-state index in [1.807, 2.05) is 41.3 Å². The topological polar surface area (TPSA) is 83.5 Å². The highest BCUT2D eigenvalue weighted by atomic mass is 19.4. The molecule has 0 bridgehead atoms. The van der Waals surface area contributed by atoms with Crippen molar-refractivity contribution in [2.45, 2.75) is 25.7 Å². The van der Waals surface area contributed by atoms with Crippen molar-refractivity contribution in [3.8, 4) is 11.8 Å². The van der Waals surface area contributed by atoms with Crippen LogP contribution in [0.4, 0.5) is 18.9 Å². The van der Waals surface area contributed by atoms with Gasteiger partial charge in [0.25, 0.3) is 5.56 Å². The van der Waals surface area contributed by atoms with E-state index < -0.39 is 24.0 Å². The number of rotatable bonds is 9. The summed E-state index contributed by atoms with van der Waals surface area (Å²) in [6.45, 7) is 2.24. The predicted molar refractivity (Wildman–Crippen MR) is 136 cm³/mol. The molecule has 0 N–H and O–H groups in total. The van der Waals surface area contributed by atoms with E-state index in [0.29, 0.717) is 44.8 Å². The molecule has 0 aliphatic carbocycles. The first-order valence-corrected chi connectivity index (χ1v) is 12.3. The smallest absolute Gasteiger partial charge is 0.422 e. The van der Waals surface area contributed by atoms with Gasteiger partial charge in [0, 0.05) is 38.9 Å². The molecule has 38 heavy (non-hydrogen) atoms. The maximum Gasteiger partial charge on any atom is 0.422 e. The van der Waals surface area contributed by atoms with Gasteiger partial charge in [0.15, 0.2) is 6.61 Å². The minimum atomic E-state index is -4.41. The lowest BCUT2D eigenvalue weighted by Crippen LogP contribution is -2.47. The zero-order valence-corrected chi connectivity index (χ0v) is 20.7. The molecule has 1 saturated heterocycles. The Morgan fingerprint density at radius 3 is 2.29 bits per heavy atom. The number of anilines is 1. The van der Waals surface area contributed by atoms with E-state index in [2.05, 4.69) is 4.90 Å². The first kappa shape index (κ1) is 27.0. The molecule has 8 nitrogen and oxygen atoms in total. The van der Waals surface area contributed by atoms with Crippen molar-refractivity contribution in [1.29, 1.82) is 5.26 Å². The van der Waals surface area contributed by atoms with Crippen molar-refractivity contribution in [2.75, 3.05) is 44.2 Å². The highest BCUT2D eigenvalue weighted by molar-refractivity contribution is 5.58. The van der Waals surface area contributed by atoms with Gasteiger partial charge in [-0.3, -0.25) is 18.8 Å². The Morgan fingerprint density at radius 1 is 0.921 bits per heavy atom. The van der Waals surface area contributed by atoms with Gasteiger partial charge in [-0.15, -0.1) is 0 Å². The molecule has 0 amide bonds. The second-order valence-corrected chi connectivity index (χ2v) is 9.06. The number of benzene rings is 2. The third-order valence-electron chi connectivity index (χ3n) is 6.38. The fourth-order valence-electron chi connectivity index (χ4n) is 4.49. The largest absolute Gasteiger partial charge is 0.482 e. The van der Waals surface area contributed by atoms with Crippen molar-refractivity contribution in [2.24, 2.45) is 0 Å². The van der Waals surface area contributed by atoms with Crippen molar-refractivity contribution in [3.05, 3.63) is 92.8 Å². The van der Waals surface area contributed by atoms with Crippen LogP contribution in [0.15, 0.2) is 70.4 Å². The van der Waals surface area contributed by atoms with Gasteiger partial charge in [0.1, 0.15) is 17.4 Å². The number of piperazine rings is 1. The van der Waals surface area contributed by atoms with Gasteiger partial charge in [0.05, 0.1) is 12.2 Å². The highest BCUT2D eigenvalue weighted by Crippen LogP contribution is 2.30. The van der Waals surface area contributed by atoms with Crippen LogP contribution in [0.25, 0.3) is 0 Å². The van der Waals surface area contributed by atoms with E-state index in [9.17, 15) is 28.0 Å². The van der Waals surface area contributed by atoms with Crippen LogP contribution in [0.2, 0.25) is 0 Å². The van der Waals surface area contributed by atoms with Gasteiger partial charge in [-0.25, -0.2) is 4.79 Å². The molecule has 1 aliphatic rings. The van der Waals surface area contributed by atoms with Crippen molar-refractivity contribution in [3.63, 3.8) is 0 Å². The molecule has 4 rings (SSSR count). The summed E-state index contributed by atoms with van der Waals surface area (Å²) in [5, 5.41) is 9.41. The van der Waals surface area contributed by atoms with Crippen molar-refractivity contribution < 1.29 is 17.9 Å². The van der Waals surface area contributed by atoms with E-state index in [-0.39, 0.29) is 24.4 Å².